The molecular weight excluding hydrogens is 272 g/mol. The summed E-state index contributed by atoms with van der Waals surface area (Å²) in [5.74, 6) is -0.529. The highest BCUT2D eigenvalue weighted by molar-refractivity contribution is 7.84. The fourth-order valence-electron chi connectivity index (χ4n) is 1.85. The molecule has 0 bridgehead atoms. The van der Waals surface area contributed by atoms with E-state index in [0.29, 0.717) is 31.9 Å². The van der Waals surface area contributed by atoms with Gasteiger partial charge in [-0.1, -0.05) is 0 Å². The van der Waals surface area contributed by atoms with Gasteiger partial charge in [-0.25, -0.2) is 9.59 Å². The topological polar surface area (TPSA) is 105 Å². The van der Waals surface area contributed by atoms with Crippen LogP contribution < -0.4 is 10.6 Å². The molecule has 1 aliphatic heterocycles. The highest BCUT2D eigenvalue weighted by Gasteiger charge is 2.41. The average Bonchev–Trinajstić information content (AvgIpc) is 2.35. The van der Waals surface area contributed by atoms with E-state index in [4.69, 9.17) is 4.74 Å². The van der Waals surface area contributed by atoms with Gasteiger partial charge in [0.2, 0.25) is 0 Å². The van der Waals surface area contributed by atoms with Gasteiger partial charge in [0, 0.05) is 55.4 Å². The van der Waals surface area contributed by atoms with E-state index in [1.807, 2.05) is 0 Å². The zero-order valence-corrected chi connectivity index (χ0v) is 11.8. The Kier molecular flexibility index (Phi) is 6.23. The standard InChI is InChI=1S/C11H20N2O5S/c1-19(17)8-2-5-12-10(16)13-11(9(14)15)3-6-18-7-4-11/h2-8H2,1H3,(H,14,15)(H2,12,13,16). The van der Waals surface area contributed by atoms with Gasteiger partial charge >= 0.3 is 12.0 Å². The fraction of sp³-hybridized carbons (Fsp3) is 0.818. The number of carbonyl (C=O) groups is 2. The maximum Gasteiger partial charge on any atom is 0.329 e. The van der Waals surface area contributed by atoms with E-state index in [1.165, 1.54) is 0 Å². The Bertz CT molecular complexity index is 355. The van der Waals surface area contributed by atoms with Crippen LogP contribution in [0.25, 0.3) is 0 Å². The highest BCUT2D eigenvalue weighted by atomic mass is 32.2. The molecule has 1 heterocycles. The zero-order valence-electron chi connectivity index (χ0n) is 10.9. The van der Waals surface area contributed by atoms with Crippen molar-refractivity contribution in [2.45, 2.75) is 24.8 Å². The Morgan fingerprint density at radius 1 is 1.37 bits per heavy atom. The number of aliphatic carboxylic acids is 1. The predicted octanol–water partition coefficient (Wildman–Crippen LogP) is -0.312. The lowest BCUT2D eigenvalue weighted by molar-refractivity contribution is -0.148. The first-order valence-electron chi connectivity index (χ1n) is 6.13. The molecule has 0 aromatic rings. The average molecular weight is 292 g/mol. The summed E-state index contributed by atoms with van der Waals surface area (Å²) in [6, 6.07) is -0.508. The van der Waals surface area contributed by atoms with E-state index in [-0.39, 0.29) is 12.8 Å². The Morgan fingerprint density at radius 3 is 2.53 bits per heavy atom. The van der Waals surface area contributed by atoms with E-state index in [2.05, 4.69) is 10.6 Å². The Morgan fingerprint density at radius 2 is 2.00 bits per heavy atom. The van der Waals surface area contributed by atoms with Crippen LogP contribution in [0.15, 0.2) is 0 Å². The lowest BCUT2D eigenvalue weighted by atomic mass is 9.90. The van der Waals surface area contributed by atoms with Gasteiger partial charge in [-0.05, 0) is 6.42 Å². The molecule has 0 aromatic heterocycles. The van der Waals surface area contributed by atoms with E-state index in [0.717, 1.165) is 0 Å². The number of carboxylic acids is 1. The molecular formula is C11H20N2O5S. The van der Waals surface area contributed by atoms with Crippen LogP contribution in [0.5, 0.6) is 0 Å². The van der Waals surface area contributed by atoms with E-state index < -0.39 is 28.3 Å². The summed E-state index contributed by atoms with van der Waals surface area (Å²) >= 11 is 0. The number of amides is 2. The molecule has 0 spiro atoms. The van der Waals surface area contributed by atoms with E-state index >= 15 is 0 Å². The van der Waals surface area contributed by atoms with Crippen molar-refractivity contribution in [3.63, 3.8) is 0 Å². The lowest BCUT2D eigenvalue weighted by Crippen LogP contribution is -2.59. The fourth-order valence-corrected chi connectivity index (χ4v) is 2.40. The number of nitrogens with one attached hydrogen (secondary N) is 2. The van der Waals surface area contributed by atoms with Crippen molar-refractivity contribution in [2.75, 3.05) is 31.8 Å². The quantitative estimate of drug-likeness (QED) is 0.582. The van der Waals surface area contributed by atoms with Crippen LogP contribution in [0.4, 0.5) is 4.79 Å². The van der Waals surface area contributed by atoms with Crippen molar-refractivity contribution in [2.24, 2.45) is 0 Å². The minimum Gasteiger partial charge on any atom is -0.480 e. The highest BCUT2D eigenvalue weighted by Crippen LogP contribution is 2.20. The lowest BCUT2D eigenvalue weighted by Gasteiger charge is -2.33. The number of rotatable bonds is 6. The third-order valence-electron chi connectivity index (χ3n) is 3.00. The third kappa shape index (κ3) is 5.15. The second kappa shape index (κ2) is 7.44. The summed E-state index contributed by atoms with van der Waals surface area (Å²) in [7, 11) is -0.884. The summed E-state index contributed by atoms with van der Waals surface area (Å²) in [5.41, 5.74) is -1.24. The SMILES string of the molecule is CS(=O)CCCNC(=O)NC1(C(=O)O)CCOCC1. The molecule has 1 rings (SSSR count). The predicted molar refractivity (Wildman–Crippen MR) is 70.5 cm³/mol. The normalized spacial score (nSPS) is 19.4. The van der Waals surface area contributed by atoms with Gasteiger partial charge in [0.25, 0.3) is 0 Å². The zero-order chi connectivity index (χ0) is 14.3. The van der Waals surface area contributed by atoms with Gasteiger partial charge in [0.05, 0.1) is 0 Å². The number of carboxylic acid groups (broad SMARTS) is 1. The molecule has 0 aliphatic carbocycles. The monoisotopic (exact) mass is 292 g/mol. The van der Waals surface area contributed by atoms with Crippen LogP contribution in [-0.2, 0) is 20.3 Å². The van der Waals surface area contributed by atoms with Crippen molar-refractivity contribution in [1.29, 1.82) is 0 Å². The number of urea groups is 1. The van der Waals surface area contributed by atoms with Crippen LogP contribution in [0.2, 0.25) is 0 Å². The molecule has 8 heteroatoms. The summed E-state index contributed by atoms with van der Waals surface area (Å²) in [6.45, 7) is 1.01. The summed E-state index contributed by atoms with van der Waals surface area (Å²) in [6.07, 6.45) is 2.71. The molecule has 1 fully saturated rings. The first kappa shape index (κ1) is 15.9. The minimum atomic E-state index is -1.24. The van der Waals surface area contributed by atoms with Gasteiger partial charge in [-0.15, -0.1) is 0 Å². The molecule has 1 unspecified atom stereocenters. The number of ether oxygens (including phenoxy) is 1. The van der Waals surface area contributed by atoms with Gasteiger partial charge in [-0.2, -0.15) is 0 Å². The van der Waals surface area contributed by atoms with Gasteiger partial charge in [0.15, 0.2) is 0 Å². The van der Waals surface area contributed by atoms with Crippen molar-refractivity contribution >= 4 is 22.8 Å². The van der Waals surface area contributed by atoms with Gasteiger partial charge in [0.1, 0.15) is 5.54 Å². The Balaban J connectivity index is 2.39. The first-order valence-corrected chi connectivity index (χ1v) is 7.86. The van der Waals surface area contributed by atoms with Gasteiger partial charge in [-0.3, -0.25) is 4.21 Å². The van der Waals surface area contributed by atoms with Crippen molar-refractivity contribution in [1.82, 2.24) is 10.6 Å². The molecule has 1 atom stereocenters. The maximum atomic E-state index is 11.7. The molecule has 1 aliphatic rings. The molecule has 0 radical (unpaired) electrons. The third-order valence-corrected chi connectivity index (χ3v) is 3.87. The van der Waals surface area contributed by atoms with Crippen molar-refractivity contribution in [3.05, 3.63) is 0 Å². The second-order valence-corrected chi connectivity index (χ2v) is 6.07. The van der Waals surface area contributed by atoms with E-state index in [9.17, 15) is 18.9 Å². The summed E-state index contributed by atoms with van der Waals surface area (Å²) in [4.78, 5) is 23.0. The van der Waals surface area contributed by atoms with Crippen LogP contribution in [0.3, 0.4) is 0 Å². The minimum absolute atomic E-state index is 0.259. The summed E-state index contributed by atoms with van der Waals surface area (Å²) in [5, 5.41) is 14.3. The van der Waals surface area contributed by atoms with Crippen molar-refractivity contribution < 1.29 is 23.6 Å². The molecule has 0 aromatic carbocycles. The molecule has 1 saturated heterocycles. The Hall–Kier alpha value is -1.15. The number of hydrogen-bond acceptors (Lipinski definition) is 4. The molecule has 110 valence electrons. The first-order chi connectivity index (χ1) is 8.96. The molecule has 3 N–H and O–H groups in total. The molecule has 0 saturated carbocycles. The molecule has 2 amide bonds. The largest absolute Gasteiger partial charge is 0.480 e. The Labute approximate surface area is 114 Å². The summed E-state index contributed by atoms with van der Waals surface area (Å²) < 4.78 is 15.9. The van der Waals surface area contributed by atoms with Crippen LogP contribution in [-0.4, -0.2) is 58.6 Å². The van der Waals surface area contributed by atoms with Gasteiger partial charge < -0.3 is 20.5 Å². The van der Waals surface area contributed by atoms with E-state index in [1.54, 1.807) is 6.26 Å². The van der Waals surface area contributed by atoms with Crippen LogP contribution >= 0.6 is 0 Å². The molecule has 7 nitrogen and oxygen atoms in total. The number of hydrogen-bond donors (Lipinski definition) is 3. The number of carbonyl (C=O) groups excluding carboxylic acids is 1. The van der Waals surface area contributed by atoms with Crippen molar-refractivity contribution in [3.8, 4) is 0 Å². The molecule has 19 heavy (non-hydrogen) atoms. The maximum absolute atomic E-state index is 11.7. The van der Waals surface area contributed by atoms with Crippen LogP contribution in [0, 0.1) is 0 Å². The second-order valence-electron chi connectivity index (χ2n) is 4.51. The smallest absolute Gasteiger partial charge is 0.329 e. The van der Waals surface area contributed by atoms with Crippen LogP contribution in [0.1, 0.15) is 19.3 Å².